The standard InChI is InChI=1S/C28H28O5/c1-20-25(30-18-22-13-7-3-8-14-22)27-26(32-28(33-27)23-15-9-4-10-16-23)24(31-20)19-29-17-21-11-5-2-6-12-21/h2-16,24-28H,1,17-19H2/t24-,25+,26+,27-,28+/m1/s1. The number of benzene rings is 3. The highest BCUT2D eigenvalue weighted by atomic mass is 16.8. The zero-order chi connectivity index (χ0) is 22.5. The summed E-state index contributed by atoms with van der Waals surface area (Å²) in [5, 5.41) is 0. The van der Waals surface area contributed by atoms with Gasteiger partial charge in [0.15, 0.2) is 12.4 Å². The van der Waals surface area contributed by atoms with E-state index in [4.69, 9.17) is 23.7 Å². The van der Waals surface area contributed by atoms with E-state index in [-0.39, 0.29) is 18.3 Å². The maximum atomic E-state index is 6.37. The van der Waals surface area contributed by atoms with E-state index >= 15 is 0 Å². The molecule has 3 aromatic carbocycles. The van der Waals surface area contributed by atoms with Crippen molar-refractivity contribution < 1.29 is 23.7 Å². The minimum absolute atomic E-state index is 0.336. The van der Waals surface area contributed by atoms with Crippen LogP contribution in [0.4, 0.5) is 0 Å². The molecule has 170 valence electrons. The third kappa shape index (κ3) is 5.18. The molecule has 5 heteroatoms. The predicted octanol–water partition coefficient (Wildman–Crippen LogP) is 5.18. The molecular weight excluding hydrogens is 416 g/mol. The van der Waals surface area contributed by atoms with Crippen LogP contribution in [0.5, 0.6) is 0 Å². The highest BCUT2D eigenvalue weighted by molar-refractivity contribution is 5.19. The normalized spacial score (nSPS) is 26.5. The molecule has 33 heavy (non-hydrogen) atoms. The van der Waals surface area contributed by atoms with E-state index in [1.54, 1.807) is 0 Å². The number of hydrogen-bond acceptors (Lipinski definition) is 5. The first-order valence-electron chi connectivity index (χ1n) is 11.3. The third-order valence-corrected chi connectivity index (χ3v) is 5.91. The quantitative estimate of drug-likeness (QED) is 0.479. The summed E-state index contributed by atoms with van der Waals surface area (Å²) in [4.78, 5) is 0. The highest BCUT2D eigenvalue weighted by Crippen LogP contribution is 2.41. The molecule has 2 heterocycles. The van der Waals surface area contributed by atoms with Crippen molar-refractivity contribution in [3.63, 3.8) is 0 Å². The zero-order valence-electron chi connectivity index (χ0n) is 18.4. The van der Waals surface area contributed by atoms with Crippen molar-refractivity contribution in [2.75, 3.05) is 6.61 Å². The average molecular weight is 445 g/mol. The maximum Gasteiger partial charge on any atom is 0.185 e. The van der Waals surface area contributed by atoms with E-state index in [1.165, 1.54) is 0 Å². The molecule has 0 amide bonds. The van der Waals surface area contributed by atoms with Gasteiger partial charge < -0.3 is 23.7 Å². The largest absolute Gasteiger partial charge is 0.487 e. The summed E-state index contributed by atoms with van der Waals surface area (Å²) < 4.78 is 31.1. The minimum atomic E-state index is -0.491. The van der Waals surface area contributed by atoms with Crippen molar-refractivity contribution in [2.45, 2.75) is 43.9 Å². The first kappa shape index (κ1) is 21.9. The molecule has 0 aromatic heterocycles. The van der Waals surface area contributed by atoms with Crippen LogP contribution >= 0.6 is 0 Å². The Morgan fingerprint density at radius 2 is 1.27 bits per heavy atom. The average Bonchev–Trinajstić information content (AvgIpc) is 3.31. The predicted molar refractivity (Wildman–Crippen MR) is 124 cm³/mol. The maximum absolute atomic E-state index is 6.37. The fourth-order valence-corrected chi connectivity index (χ4v) is 4.24. The van der Waals surface area contributed by atoms with Crippen molar-refractivity contribution >= 4 is 0 Å². The fourth-order valence-electron chi connectivity index (χ4n) is 4.24. The summed E-state index contributed by atoms with van der Waals surface area (Å²) in [5.41, 5.74) is 3.15. The van der Waals surface area contributed by atoms with E-state index in [9.17, 15) is 0 Å². The smallest absolute Gasteiger partial charge is 0.185 e. The van der Waals surface area contributed by atoms with Crippen LogP contribution < -0.4 is 0 Å². The van der Waals surface area contributed by atoms with Gasteiger partial charge in [-0.1, -0.05) is 97.6 Å². The fraction of sp³-hybridized carbons (Fsp3) is 0.286. The summed E-state index contributed by atoms with van der Waals surface area (Å²) in [7, 11) is 0. The van der Waals surface area contributed by atoms with Gasteiger partial charge in [-0.25, -0.2) is 0 Å². The summed E-state index contributed by atoms with van der Waals surface area (Å²) in [6, 6.07) is 30.0. The van der Waals surface area contributed by atoms with Crippen LogP contribution in [-0.2, 0) is 36.9 Å². The molecule has 0 spiro atoms. The molecular formula is C28H28O5. The van der Waals surface area contributed by atoms with E-state index in [0.717, 1.165) is 16.7 Å². The molecule has 0 aliphatic carbocycles. The van der Waals surface area contributed by atoms with Crippen molar-refractivity contribution in [2.24, 2.45) is 0 Å². The van der Waals surface area contributed by atoms with Crippen molar-refractivity contribution in [1.82, 2.24) is 0 Å². The lowest BCUT2D eigenvalue weighted by atomic mass is 9.98. The molecule has 2 aliphatic rings. The van der Waals surface area contributed by atoms with Crippen LogP contribution in [0.3, 0.4) is 0 Å². The molecule has 0 bridgehead atoms. The van der Waals surface area contributed by atoms with Gasteiger partial charge >= 0.3 is 0 Å². The van der Waals surface area contributed by atoms with Crippen LogP contribution in [0.2, 0.25) is 0 Å². The lowest BCUT2D eigenvalue weighted by molar-refractivity contribution is -0.145. The van der Waals surface area contributed by atoms with E-state index in [1.807, 2.05) is 91.0 Å². The van der Waals surface area contributed by atoms with Gasteiger partial charge in [-0.3, -0.25) is 0 Å². The number of fused-ring (bicyclic) bond motifs is 1. The molecule has 2 fully saturated rings. The Hall–Kier alpha value is -2.96. The second-order valence-electron chi connectivity index (χ2n) is 8.28. The minimum Gasteiger partial charge on any atom is -0.487 e. The Bertz CT molecular complexity index is 1020. The van der Waals surface area contributed by atoms with Crippen LogP contribution in [0.1, 0.15) is 23.0 Å². The third-order valence-electron chi connectivity index (χ3n) is 5.91. The Balaban J connectivity index is 1.29. The second kappa shape index (κ2) is 10.3. The molecule has 0 N–H and O–H groups in total. The van der Waals surface area contributed by atoms with Crippen LogP contribution in [0.15, 0.2) is 103 Å². The topological polar surface area (TPSA) is 46.2 Å². The molecule has 5 atom stereocenters. The van der Waals surface area contributed by atoms with E-state index < -0.39 is 12.4 Å². The zero-order valence-corrected chi connectivity index (χ0v) is 18.4. The summed E-state index contributed by atoms with van der Waals surface area (Å²) in [5.74, 6) is 0.540. The van der Waals surface area contributed by atoms with Crippen molar-refractivity contribution in [3.8, 4) is 0 Å². The first-order valence-corrected chi connectivity index (χ1v) is 11.3. The first-order chi connectivity index (χ1) is 16.3. The Kier molecular flexibility index (Phi) is 6.84. The van der Waals surface area contributed by atoms with Gasteiger partial charge in [-0.2, -0.15) is 0 Å². The Morgan fingerprint density at radius 1 is 0.697 bits per heavy atom. The van der Waals surface area contributed by atoms with Gasteiger partial charge in [0.25, 0.3) is 0 Å². The van der Waals surface area contributed by atoms with Crippen molar-refractivity contribution in [3.05, 3.63) is 120 Å². The molecule has 0 radical (unpaired) electrons. The number of ether oxygens (including phenoxy) is 5. The lowest BCUT2D eigenvalue weighted by Crippen LogP contribution is -2.52. The second-order valence-corrected chi connectivity index (χ2v) is 8.28. The summed E-state index contributed by atoms with van der Waals surface area (Å²) in [6.07, 6.45) is -1.94. The summed E-state index contributed by atoms with van der Waals surface area (Å²) in [6.45, 7) is 5.45. The monoisotopic (exact) mass is 444 g/mol. The van der Waals surface area contributed by atoms with Crippen LogP contribution in [-0.4, -0.2) is 31.0 Å². The molecule has 5 nitrogen and oxygen atoms in total. The van der Waals surface area contributed by atoms with E-state index in [0.29, 0.717) is 25.6 Å². The molecule has 2 saturated heterocycles. The van der Waals surface area contributed by atoms with Gasteiger partial charge in [0.2, 0.25) is 0 Å². The SMILES string of the molecule is C=C1O[C@H](COCc2ccccc2)[C@@H]2O[C@H](c3ccccc3)O[C@@H]2[C@H]1OCc1ccccc1. The van der Waals surface area contributed by atoms with Gasteiger partial charge in [0.1, 0.15) is 24.1 Å². The molecule has 2 aliphatic heterocycles. The van der Waals surface area contributed by atoms with Crippen LogP contribution in [0.25, 0.3) is 0 Å². The molecule has 0 unspecified atom stereocenters. The molecule has 3 aromatic rings. The lowest BCUT2D eigenvalue weighted by Gasteiger charge is -2.38. The Morgan fingerprint density at radius 3 is 1.94 bits per heavy atom. The molecule has 0 saturated carbocycles. The van der Waals surface area contributed by atoms with E-state index in [2.05, 4.69) is 6.58 Å². The highest BCUT2D eigenvalue weighted by Gasteiger charge is 2.52. The number of rotatable bonds is 8. The van der Waals surface area contributed by atoms with Crippen molar-refractivity contribution in [1.29, 1.82) is 0 Å². The number of hydrogen-bond donors (Lipinski definition) is 0. The van der Waals surface area contributed by atoms with Crippen LogP contribution in [0, 0.1) is 0 Å². The Labute approximate surface area is 194 Å². The van der Waals surface area contributed by atoms with Gasteiger partial charge in [-0.05, 0) is 11.1 Å². The van der Waals surface area contributed by atoms with Gasteiger partial charge in [0.05, 0.1) is 19.8 Å². The van der Waals surface area contributed by atoms with Gasteiger partial charge in [0, 0.05) is 5.56 Å². The molecule has 5 rings (SSSR count). The summed E-state index contributed by atoms with van der Waals surface area (Å²) >= 11 is 0. The van der Waals surface area contributed by atoms with Gasteiger partial charge in [-0.15, -0.1) is 0 Å².